The third-order valence-electron chi connectivity index (χ3n) is 12.1. The smallest absolute Gasteiger partial charge is 0.310 e. The maximum absolute atomic E-state index is 13.1. The van der Waals surface area contributed by atoms with Crippen molar-refractivity contribution in [2.45, 2.75) is 82.2 Å². The lowest BCUT2D eigenvalue weighted by Gasteiger charge is -2.43. The lowest BCUT2D eigenvalue weighted by atomic mass is 9.71. The fourth-order valence-corrected chi connectivity index (χ4v) is 9.78. The average Bonchev–Trinajstić information content (AvgIpc) is 3.38. The number of halogens is 2. The number of anilines is 1. The zero-order chi connectivity index (χ0) is 36.0. The molecule has 1 amide bonds. The minimum atomic E-state index is -0.284. The van der Waals surface area contributed by atoms with Gasteiger partial charge >= 0.3 is 5.97 Å². The van der Waals surface area contributed by atoms with Gasteiger partial charge < -0.3 is 15.0 Å². The number of ether oxygens (including phenoxy) is 1. The standard InChI is InChI=1S/C42H50Cl2N4O3/c1-42(2)33-24-30(46(3)4)12-10-27(33)20-29-21-28-8-6-17-47(38(28)25-34(29)42)18-7-9-39(49)45-16-19-48-31-13-15-37(48)40(41(50)51-5)32(23-31)26-11-14-35(43)36(44)22-26/h10-12,14,20-22,24-25,31-32,37,40H,6-9,13,15-19,23H2,1-5H3/p+1/t31?,32-,37?,40+/m1/s1. The van der Waals surface area contributed by atoms with Gasteiger partial charge in [0.1, 0.15) is 13.1 Å². The monoisotopic (exact) mass is 729 g/mol. The van der Waals surface area contributed by atoms with Gasteiger partial charge in [-0.15, -0.1) is 0 Å². The summed E-state index contributed by atoms with van der Waals surface area (Å²) in [7, 11) is 5.66. The predicted molar refractivity (Wildman–Crippen MR) is 207 cm³/mol. The number of amides is 1. The number of piperidine rings is 1. The normalized spacial score (nSPS) is 23.1. The Balaban J connectivity index is 0.984. The number of nitrogens with zero attached hydrogens (tertiary/aromatic N) is 3. The summed E-state index contributed by atoms with van der Waals surface area (Å²) in [5.41, 5.74) is 7.60. The fourth-order valence-electron chi connectivity index (χ4n) is 9.47. The highest BCUT2D eigenvalue weighted by Crippen LogP contribution is 2.48. The zero-order valence-electron chi connectivity index (χ0n) is 30.6. The molecule has 0 radical (unpaired) electrons. The van der Waals surface area contributed by atoms with Crippen molar-refractivity contribution in [2.24, 2.45) is 5.92 Å². The van der Waals surface area contributed by atoms with Crippen LogP contribution in [-0.4, -0.2) is 76.2 Å². The van der Waals surface area contributed by atoms with E-state index in [1.807, 2.05) is 18.2 Å². The second-order valence-electron chi connectivity index (χ2n) is 15.6. The molecule has 3 aliphatic heterocycles. The van der Waals surface area contributed by atoms with Crippen molar-refractivity contribution in [3.63, 3.8) is 0 Å². The van der Waals surface area contributed by atoms with E-state index in [0.29, 0.717) is 29.1 Å². The molecule has 1 N–H and O–H groups in total. The summed E-state index contributed by atoms with van der Waals surface area (Å²) in [5.74, 6) is -0.357. The second kappa shape index (κ2) is 14.6. The van der Waals surface area contributed by atoms with Crippen LogP contribution >= 0.6 is 23.2 Å². The summed E-state index contributed by atoms with van der Waals surface area (Å²) in [5, 5.41) is 6.86. The van der Waals surface area contributed by atoms with Crippen molar-refractivity contribution in [1.29, 1.82) is 0 Å². The number of hydrogen-bond donors (Lipinski definition) is 1. The average molecular weight is 731 g/mol. The van der Waals surface area contributed by atoms with Crippen LogP contribution < -0.4 is 25.4 Å². The van der Waals surface area contributed by atoms with Crippen LogP contribution in [0.5, 0.6) is 0 Å². The molecule has 2 bridgehead atoms. The third kappa shape index (κ3) is 6.94. The van der Waals surface area contributed by atoms with Gasteiger partial charge in [-0.25, -0.2) is 4.58 Å². The first kappa shape index (κ1) is 36.0. The second-order valence-corrected chi connectivity index (χ2v) is 16.5. The third-order valence-corrected chi connectivity index (χ3v) is 12.8. The molecule has 0 aromatic heterocycles. The van der Waals surface area contributed by atoms with E-state index in [2.05, 4.69) is 84.0 Å². The molecule has 51 heavy (non-hydrogen) atoms. The zero-order valence-corrected chi connectivity index (χ0v) is 32.1. The van der Waals surface area contributed by atoms with Crippen molar-refractivity contribution in [3.8, 4) is 0 Å². The summed E-state index contributed by atoms with van der Waals surface area (Å²) in [6.07, 6.45) is 8.69. The van der Waals surface area contributed by atoms with Gasteiger partial charge in [0.05, 0.1) is 23.1 Å². The predicted octanol–water partition coefficient (Wildman–Crippen LogP) is 5.67. The van der Waals surface area contributed by atoms with Gasteiger partial charge in [0.15, 0.2) is 0 Å². The van der Waals surface area contributed by atoms with Gasteiger partial charge in [0.2, 0.25) is 11.3 Å². The molecule has 2 saturated heterocycles. The Morgan fingerprint density at radius 2 is 1.86 bits per heavy atom. The van der Waals surface area contributed by atoms with E-state index in [1.54, 1.807) is 0 Å². The number of methoxy groups -OCH3 is 1. The van der Waals surface area contributed by atoms with E-state index >= 15 is 0 Å². The van der Waals surface area contributed by atoms with Crippen molar-refractivity contribution in [2.75, 3.05) is 52.3 Å². The molecule has 0 spiro atoms. The Bertz CT molecular complexity index is 1970. The quantitative estimate of drug-likeness (QED) is 0.215. The molecule has 7 rings (SSSR count). The highest BCUT2D eigenvalue weighted by molar-refractivity contribution is 6.42. The number of rotatable bonds is 10. The molecule has 3 heterocycles. The Kier molecular flexibility index (Phi) is 10.3. The van der Waals surface area contributed by atoms with Crippen LogP contribution in [0, 0.1) is 5.92 Å². The van der Waals surface area contributed by atoms with Gasteiger partial charge in [-0.3, -0.25) is 14.5 Å². The van der Waals surface area contributed by atoms with E-state index in [0.717, 1.165) is 63.7 Å². The van der Waals surface area contributed by atoms with Crippen LogP contribution in [0.2, 0.25) is 10.0 Å². The SMILES string of the molecule is COC(=O)[C@@H]1C2CCC(C[C@@H]1c1ccc(Cl)c(Cl)c1)N2CCNC(=O)CCC[N+]1=c2cc3c(cc2CCC1)=Cc1ccc(N(C)C)cc1C3(C)C. The number of fused-ring (bicyclic) bond motifs is 5. The summed E-state index contributed by atoms with van der Waals surface area (Å²) in [6, 6.07) is 17.8. The number of carbonyl (C=O) groups is 2. The minimum Gasteiger partial charge on any atom is -0.469 e. The topological polar surface area (TPSA) is 64.9 Å². The van der Waals surface area contributed by atoms with E-state index in [9.17, 15) is 9.59 Å². The molecule has 9 heteroatoms. The van der Waals surface area contributed by atoms with Gasteiger partial charge in [0, 0.05) is 87.2 Å². The summed E-state index contributed by atoms with van der Waals surface area (Å²) in [4.78, 5) is 30.8. The van der Waals surface area contributed by atoms with Gasteiger partial charge in [0.25, 0.3) is 0 Å². The van der Waals surface area contributed by atoms with Crippen molar-refractivity contribution < 1.29 is 14.3 Å². The van der Waals surface area contributed by atoms with Crippen LogP contribution in [-0.2, 0) is 26.2 Å². The molecule has 270 valence electrons. The maximum Gasteiger partial charge on any atom is 0.310 e. The van der Waals surface area contributed by atoms with Crippen LogP contribution in [0.15, 0.2) is 48.5 Å². The Morgan fingerprint density at radius 1 is 1.04 bits per heavy atom. The Morgan fingerprint density at radius 3 is 2.63 bits per heavy atom. The molecule has 2 unspecified atom stereocenters. The van der Waals surface area contributed by atoms with Crippen LogP contribution in [0.4, 0.5) is 5.69 Å². The lowest BCUT2D eigenvalue weighted by molar-refractivity contribution is -0.150. The first-order valence-corrected chi connectivity index (χ1v) is 19.4. The highest BCUT2D eigenvalue weighted by atomic mass is 35.5. The van der Waals surface area contributed by atoms with E-state index in [-0.39, 0.29) is 35.2 Å². The number of carbonyl (C=O) groups excluding carboxylic acids is 2. The molecule has 3 aromatic rings. The summed E-state index contributed by atoms with van der Waals surface area (Å²) < 4.78 is 7.81. The molecule has 0 saturated carbocycles. The highest BCUT2D eigenvalue weighted by Gasteiger charge is 2.50. The largest absolute Gasteiger partial charge is 0.469 e. The number of benzene rings is 3. The van der Waals surface area contributed by atoms with E-state index in [4.69, 9.17) is 27.9 Å². The molecular formula is C42H51Cl2N4O3+. The Labute approximate surface area is 312 Å². The number of hydrogen-bond acceptors (Lipinski definition) is 5. The van der Waals surface area contributed by atoms with E-state index < -0.39 is 0 Å². The first-order valence-electron chi connectivity index (χ1n) is 18.6. The lowest BCUT2D eigenvalue weighted by Crippen LogP contribution is -2.52. The van der Waals surface area contributed by atoms with Crippen LogP contribution in [0.1, 0.15) is 86.1 Å². The number of nitrogens with one attached hydrogen (secondary N) is 1. The first-order chi connectivity index (χ1) is 24.5. The molecule has 3 aromatic carbocycles. The molecule has 7 nitrogen and oxygen atoms in total. The molecule has 2 fully saturated rings. The fraction of sp³-hybridized carbons (Fsp3) is 0.500. The molecular weight excluding hydrogens is 679 g/mol. The maximum atomic E-state index is 13.1. The van der Waals surface area contributed by atoms with E-state index in [1.165, 1.54) is 45.6 Å². The summed E-state index contributed by atoms with van der Waals surface area (Å²) in [6.45, 7) is 7.86. The Hall–Kier alpha value is -3.39. The molecule has 4 aliphatic rings. The minimum absolute atomic E-state index is 0.0249. The van der Waals surface area contributed by atoms with Crippen molar-refractivity contribution in [3.05, 3.63) is 97.0 Å². The van der Waals surface area contributed by atoms with Crippen LogP contribution in [0.25, 0.3) is 6.08 Å². The number of esters is 1. The molecule has 1 aliphatic carbocycles. The van der Waals surface area contributed by atoms with Gasteiger partial charge in [-0.1, -0.05) is 49.2 Å². The van der Waals surface area contributed by atoms with Crippen molar-refractivity contribution >= 4 is 46.8 Å². The number of aryl methyl sites for hydroxylation is 1. The van der Waals surface area contributed by atoms with Gasteiger partial charge in [-0.2, -0.15) is 0 Å². The van der Waals surface area contributed by atoms with Gasteiger partial charge in [-0.05, 0) is 89.6 Å². The van der Waals surface area contributed by atoms with Crippen molar-refractivity contribution in [1.82, 2.24) is 14.8 Å². The molecule has 4 atom stereocenters. The summed E-state index contributed by atoms with van der Waals surface area (Å²) >= 11 is 12.6. The van der Waals surface area contributed by atoms with Crippen LogP contribution in [0.3, 0.4) is 0 Å².